The fraction of sp³-hybridized carbons (Fsp3) is 0.0357. The summed E-state index contributed by atoms with van der Waals surface area (Å²) in [5, 5.41) is 4.39. The molecule has 0 fully saturated rings. The Bertz CT molecular complexity index is 7390. The van der Waals surface area contributed by atoms with Gasteiger partial charge < -0.3 is 18.6 Å². The van der Waals surface area contributed by atoms with E-state index in [1.165, 1.54) is 100 Å². The second-order valence-corrected chi connectivity index (χ2v) is 31.8. The van der Waals surface area contributed by atoms with Gasteiger partial charge in [0.1, 0.15) is 22.3 Å². The van der Waals surface area contributed by atoms with Crippen molar-refractivity contribution in [3.63, 3.8) is 0 Å². The molecule has 2 spiro atoms. The van der Waals surface area contributed by atoms with Gasteiger partial charge in [0.25, 0.3) is 0 Å². The van der Waals surface area contributed by atoms with E-state index < -0.39 is 10.8 Å². The predicted molar refractivity (Wildman–Crippen MR) is 480 cm³/mol. The third-order valence-electron chi connectivity index (χ3n) is 25.6. The van der Waals surface area contributed by atoms with Crippen molar-refractivity contribution in [3.05, 3.63) is 456 Å². The van der Waals surface area contributed by atoms with Crippen LogP contribution < -0.4 is 9.80 Å². The lowest BCUT2D eigenvalue weighted by molar-refractivity contribution is 0.669. The molecule has 2 aromatic heterocycles. The van der Waals surface area contributed by atoms with Crippen molar-refractivity contribution in [3.8, 4) is 100 Å². The van der Waals surface area contributed by atoms with Crippen LogP contribution in [0.1, 0.15) is 55.6 Å². The molecule has 4 aliphatic carbocycles. The normalized spacial score (nSPS) is 13.2. The van der Waals surface area contributed by atoms with Crippen LogP contribution in [0.3, 0.4) is 0 Å². The molecule has 4 aliphatic rings. The summed E-state index contributed by atoms with van der Waals surface area (Å²) in [7, 11) is 0. The number of para-hydroxylation sites is 4. The Kier molecular flexibility index (Phi) is 14.4. The number of hydrogen-bond acceptors (Lipinski definition) is 4. The van der Waals surface area contributed by atoms with Gasteiger partial charge in [-0.1, -0.05) is 321 Å². The van der Waals surface area contributed by atoms with Crippen LogP contribution in [0.4, 0.5) is 34.1 Å². The maximum absolute atomic E-state index is 7.00. The molecule has 20 aromatic rings. The molecule has 0 radical (unpaired) electrons. The number of rotatable bonds is 11. The Hall–Kier alpha value is -14.8. The van der Waals surface area contributed by atoms with E-state index in [4.69, 9.17) is 8.83 Å². The second kappa shape index (κ2) is 25.3. The molecule has 0 bridgehead atoms. The zero-order valence-corrected chi connectivity index (χ0v) is 63.8. The maximum Gasteiger partial charge on any atom is 0.143 e. The summed E-state index contributed by atoms with van der Waals surface area (Å²) in [5.41, 5.74) is 43.3. The number of aryl methyl sites for hydroxylation is 2. The Morgan fingerprint density at radius 2 is 0.526 bits per heavy atom. The largest absolute Gasteiger partial charge is 0.455 e. The number of anilines is 6. The van der Waals surface area contributed by atoms with Gasteiger partial charge in [-0.2, -0.15) is 0 Å². The maximum atomic E-state index is 7.00. The fourth-order valence-corrected chi connectivity index (χ4v) is 20.6. The standard InChI is InChI=1S/C112H72N2O2/c1-69-41-58-90-92-60-56-81(67-104(92)111(102(90)63-69)98-35-12-6-26-86(98)87-27-7-13-36-99(87)111)113(79-52-45-73(46-53-79)84-31-19-33-95-94-30-11-17-40-107(94)115-109(84)95)78-50-43-71(44-51-78)75-23-18-24-76(65-75)77-49-62-108-97(66-77)96-34-20-32-85(110(96)116-108)74-47-54-80(55-48-74)114(106-39-16-10-25-83(106)72-21-4-3-5-22-72)82-57-61-93-91-59-42-70(2)64-103(91)112(105(93)68-82)100-37-14-8-28-88(100)89-29-9-15-38-101(89)112/h3-68H,1-2H3. The van der Waals surface area contributed by atoms with Gasteiger partial charge in [-0.05, 0) is 233 Å². The first-order valence-corrected chi connectivity index (χ1v) is 40.2. The van der Waals surface area contributed by atoms with Gasteiger partial charge in [-0.15, -0.1) is 0 Å². The first-order chi connectivity index (χ1) is 57.3. The van der Waals surface area contributed by atoms with Crippen molar-refractivity contribution >= 4 is 78.0 Å². The minimum absolute atomic E-state index is 0.502. The molecule has 0 aliphatic heterocycles. The lowest BCUT2D eigenvalue weighted by Crippen LogP contribution is -2.26. The summed E-state index contributed by atoms with van der Waals surface area (Å²) in [6.07, 6.45) is 0. The Labute approximate surface area is 673 Å². The SMILES string of the molecule is Cc1ccc2c(c1)C1(c3ccccc3-c3ccccc31)c1cc(N(c3ccc(-c4cccc(-c5ccc6oc7c(-c8ccc(N(c9ccc%10c(c9)C9(c%11ccccc%11-c%11ccccc%119)c9cc(C)ccc9-%10)c9ccccc9-c9ccccc9)cc8)cccc7c6c5)c4)cc3)c3ccc(-c4cccc5c4oc4ccccc45)cc3)ccc1-2. The monoisotopic (exact) mass is 1480 g/mol. The van der Waals surface area contributed by atoms with Crippen LogP contribution in [0.2, 0.25) is 0 Å². The molecule has 542 valence electrons. The number of hydrogen-bond donors (Lipinski definition) is 0. The number of nitrogens with zero attached hydrogens (tertiary/aromatic N) is 2. The van der Waals surface area contributed by atoms with Crippen LogP contribution in [0.25, 0.3) is 144 Å². The summed E-state index contributed by atoms with van der Waals surface area (Å²) in [6.45, 7) is 4.45. The molecule has 0 saturated carbocycles. The third kappa shape index (κ3) is 9.56. The number of benzene rings is 18. The molecule has 4 nitrogen and oxygen atoms in total. The van der Waals surface area contributed by atoms with E-state index in [1.807, 2.05) is 6.07 Å². The summed E-state index contributed by atoms with van der Waals surface area (Å²) in [5.74, 6) is 0. The topological polar surface area (TPSA) is 32.8 Å². The molecule has 116 heavy (non-hydrogen) atoms. The first kappa shape index (κ1) is 65.8. The Balaban J connectivity index is 0.579. The predicted octanol–water partition coefficient (Wildman–Crippen LogP) is 30.1. The van der Waals surface area contributed by atoms with Crippen molar-refractivity contribution in [2.24, 2.45) is 0 Å². The summed E-state index contributed by atoms with van der Waals surface area (Å²) in [6, 6.07) is 149. The lowest BCUT2D eigenvalue weighted by atomic mass is 9.70. The van der Waals surface area contributed by atoms with Gasteiger partial charge in [0.15, 0.2) is 0 Å². The highest BCUT2D eigenvalue weighted by Crippen LogP contribution is 2.66. The molecule has 24 rings (SSSR count). The Morgan fingerprint density at radius 1 is 0.190 bits per heavy atom. The summed E-state index contributed by atoms with van der Waals surface area (Å²) < 4.78 is 13.6. The van der Waals surface area contributed by atoms with Gasteiger partial charge in [0.05, 0.1) is 16.5 Å². The quantitative estimate of drug-likeness (QED) is 0.129. The van der Waals surface area contributed by atoms with E-state index in [0.717, 1.165) is 134 Å². The molecule has 0 atom stereocenters. The molecule has 2 heterocycles. The number of fused-ring (bicyclic) bond motifs is 26. The highest BCUT2D eigenvalue weighted by molar-refractivity contribution is 6.12. The third-order valence-corrected chi connectivity index (χ3v) is 25.6. The highest BCUT2D eigenvalue weighted by Gasteiger charge is 2.54. The average Bonchev–Trinajstić information content (AvgIpc) is 1.51. The van der Waals surface area contributed by atoms with Gasteiger partial charge in [-0.25, -0.2) is 0 Å². The van der Waals surface area contributed by atoms with Crippen LogP contribution in [0.5, 0.6) is 0 Å². The van der Waals surface area contributed by atoms with Gasteiger partial charge in [0.2, 0.25) is 0 Å². The van der Waals surface area contributed by atoms with E-state index in [1.54, 1.807) is 0 Å². The molecule has 0 saturated heterocycles. The average molecular weight is 1480 g/mol. The van der Waals surface area contributed by atoms with Gasteiger partial charge in [0, 0.05) is 66.7 Å². The van der Waals surface area contributed by atoms with Gasteiger partial charge in [-0.3, -0.25) is 0 Å². The molecule has 0 N–H and O–H groups in total. The first-order valence-electron chi connectivity index (χ1n) is 40.2. The van der Waals surface area contributed by atoms with Crippen LogP contribution in [-0.2, 0) is 10.8 Å². The molecule has 0 amide bonds. The van der Waals surface area contributed by atoms with E-state index in [-0.39, 0.29) is 0 Å². The zero-order chi connectivity index (χ0) is 76.5. The van der Waals surface area contributed by atoms with Crippen LogP contribution >= 0.6 is 0 Å². The zero-order valence-electron chi connectivity index (χ0n) is 63.8. The van der Waals surface area contributed by atoms with Gasteiger partial charge >= 0.3 is 0 Å². The van der Waals surface area contributed by atoms with E-state index >= 15 is 0 Å². The van der Waals surface area contributed by atoms with Crippen molar-refractivity contribution in [1.29, 1.82) is 0 Å². The minimum Gasteiger partial charge on any atom is -0.455 e. The molecule has 4 heteroatoms. The van der Waals surface area contributed by atoms with E-state index in [0.29, 0.717) is 0 Å². The highest BCUT2D eigenvalue weighted by atomic mass is 16.3. The Morgan fingerprint density at radius 3 is 1.06 bits per heavy atom. The molecule has 0 unspecified atom stereocenters. The summed E-state index contributed by atoms with van der Waals surface area (Å²) in [4.78, 5) is 4.90. The van der Waals surface area contributed by atoms with E-state index in [2.05, 4.69) is 418 Å². The van der Waals surface area contributed by atoms with Crippen LogP contribution in [0, 0.1) is 13.8 Å². The second-order valence-electron chi connectivity index (χ2n) is 31.8. The van der Waals surface area contributed by atoms with Crippen molar-refractivity contribution in [2.45, 2.75) is 24.7 Å². The minimum atomic E-state index is -0.507. The van der Waals surface area contributed by atoms with Crippen molar-refractivity contribution in [2.75, 3.05) is 9.80 Å². The van der Waals surface area contributed by atoms with E-state index in [9.17, 15) is 0 Å². The smallest absolute Gasteiger partial charge is 0.143 e. The lowest BCUT2D eigenvalue weighted by Gasteiger charge is -2.33. The number of furan rings is 2. The van der Waals surface area contributed by atoms with Crippen LogP contribution in [-0.4, -0.2) is 0 Å². The molecular formula is C112H72N2O2. The summed E-state index contributed by atoms with van der Waals surface area (Å²) >= 11 is 0. The van der Waals surface area contributed by atoms with Crippen molar-refractivity contribution < 1.29 is 8.83 Å². The molecule has 18 aromatic carbocycles. The molecular weight excluding hydrogens is 1410 g/mol. The van der Waals surface area contributed by atoms with Crippen LogP contribution in [0.15, 0.2) is 409 Å². The van der Waals surface area contributed by atoms with Crippen molar-refractivity contribution in [1.82, 2.24) is 0 Å². The fourth-order valence-electron chi connectivity index (χ4n) is 20.6.